The Hall–Kier alpha value is -2.29. The van der Waals surface area contributed by atoms with Gasteiger partial charge >= 0.3 is 0 Å². The second kappa shape index (κ2) is 9.11. The smallest absolute Gasteiger partial charge is 0.255 e. The number of hydrogen-bond donors (Lipinski definition) is 1. The number of benzene rings is 2. The Morgan fingerprint density at radius 2 is 1.71 bits per heavy atom. The fourth-order valence-corrected chi connectivity index (χ4v) is 2.53. The highest BCUT2D eigenvalue weighted by atomic mass is 16.5. The van der Waals surface area contributed by atoms with E-state index >= 15 is 0 Å². The van der Waals surface area contributed by atoms with E-state index in [1.807, 2.05) is 54.6 Å². The number of ether oxygens (including phenoxy) is 1. The molecule has 2 rings (SSSR count). The fraction of sp³-hybridized carbons (Fsp3) is 0.381. The minimum atomic E-state index is -0.0918. The molecule has 3 nitrogen and oxygen atoms in total. The molecular formula is C21H27NO2. The summed E-state index contributed by atoms with van der Waals surface area (Å²) in [5, 5.41) is 3.12. The number of carbonyl (C=O) groups excluding carboxylic acids is 1. The van der Waals surface area contributed by atoms with E-state index in [2.05, 4.69) is 26.1 Å². The zero-order valence-corrected chi connectivity index (χ0v) is 14.8. The predicted molar refractivity (Wildman–Crippen MR) is 98.3 cm³/mol. The van der Waals surface area contributed by atoms with Crippen LogP contribution in [0, 0.1) is 5.92 Å². The van der Waals surface area contributed by atoms with Gasteiger partial charge in [-0.05, 0) is 36.5 Å². The van der Waals surface area contributed by atoms with Crippen LogP contribution in [0.3, 0.4) is 0 Å². The third kappa shape index (κ3) is 5.12. The molecule has 1 unspecified atom stereocenters. The van der Waals surface area contributed by atoms with Crippen LogP contribution in [0.2, 0.25) is 0 Å². The second-order valence-electron chi connectivity index (χ2n) is 6.37. The minimum absolute atomic E-state index is 0.00224. The van der Waals surface area contributed by atoms with Gasteiger partial charge in [-0.15, -0.1) is 0 Å². The van der Waals surface area contributed by atoms with Gasteiger partial charge in [0.15, 0.2) is 0 Å². The maximum absolute atomic E-state index is 12.7. The third-order valence-electron chi connectivity index (χ3n) is 4.00. The van der Waals surface area contributed by atoms with Crippen LogP contribution in [-0.4, -0.2) is 12.5 Å². The Morgan fingerprint density at radius 3 is 2.38 bits per heavy atom. The predicted octanol–water partition coefficient (Wildman–Crippen LogP) is 4.99. The molecule has 1 N–H and O–H groups in total. The lowest BCUT2D eigenvalue weighted by Crippen LogP contribution is -2.28. The molecule has 1 atom stereocenters. The van der Waals surface area contributed by atoms with Crippen molar-refractivity contribution >= 4 is 5.91 Å². The molecule has 1 amide bonds. The number of rotatable bonds is 8. The van der Waals surface area contributed by atoms with Crippen molar-refractivity contribution in [1.29, 1.82) is 0 Å². The number of carbonyl (C=O) groups is 1. The molecule has 2 aromatic rings. The molecule has 2 aromatic carbocycles. The summed E-state index contributed by atoms with van der Waals surface area (Å²) in [6.07, 6.45) is 1.81. The Bertz CT molecular complexity index is 637. The summed E-state index contributed by atoms with van der Waals surface area (Å²) >= 11 is 0. The van der Waals surface area contributed by atoms with Gasteiger partial charge in [-0.3, -0.25) is 4.79 Å². The SMILES string of the molecule is CCC(NC(=O)c1ccccc1OCCC(C)C)c1ccccc1. The zero-order chi connectivity index (χ0) is 17.4. The summed E-state index contributed by atoms with van der Waals surface area (Å²) in [7, 11) is 0. The molecule has 24 heavy (non-hydrogen) atoms. The van der Waals surface area contributed by atoms with Gasteiger partial charge in [-0.1, -0.05) is 63.2 Å². The average molecular weight is 325 g/mol. The van der Waals surface area contributed by atoms with E-state index in [0.29, 0.717) is 23.8 Å². The van der Waals surface area contributed by atoms with Gasteiger partial charge in [0.1, 0.15) is 5.75 Å². The summed E-state index contributed by atoms with van der Waals surface area (Å²) in [5.41, 5.74) is 1.71. The van der Waals surface area contributed by atoms with Crippen molar-refractivity contribution in [2.24, 2.45) is 5.92 Å². The molecule has 0 aromatic heterocycles. The highest BCUT2D eigenvalue weighted by molar-refractivity contribution is 5.97. The molecule has 128 valence electrons. The van der Waals surface area contributed by atoms with Crippen molar-refractivity contribution < 1.29 is 9.53 Å². The van der Waals surface area contributed by atoms with E-state index in [4.69, 9.17) is 4.74 Å². The first-order valence-corrected chi connectivity index (χ1v) is 8.69. The molecule has 0 aliphatic carbocycles. The van der Waals surface area contributed by atoms with E-state index in [9.17, 15) is 4.79 Å². The van der Waals surface area contributed by atoms with Crippen LogP contribution < -0.4 is 10.1 Å². The fourth-order valence-electron chi connectivity index (χ4n) is 2.53. The van der Waals surface area contributed by atoms with Crippen LogP contribution in [0.5, 0.6) is 5.75 Å². The normalized spacial score (nSPS) is 12.0. The molecule has 0 spiro atoms. The van der Waals surface area contributed by atoms with E-state index in [0.717, 1.165) is 18.4 Å². The van der Waals surface area contributed by atoms with Crippen molar-refractivity contribution in [3.8, 4) is 5.75 Å². The van der Waals surface area contributed by atoms with Gasteiger partial charge in [0.05, 0.1) is 18.2 Å². The number of hydrogen-bond acceptors (Lipinski definition) is 2. The van der Waals surface area contributed by atoms with Crippen molar-refractivity contribution in [3.63, 3.8) is 0 Å². The topological polar surface area (TPSA) is 38.3 Å². The Kier molecular flexibility index (Phi) is 6.86. The van der Waals surface area contributed by atoms with Crippen LogP contribution in [0.1, 0.15) is 55.6 Å². The molecule has 0 fully saturated rings. The lowest BCUT2D eigenvalue weighted by atomic mass is 10.0. The van der Waals surface area contributed by atoms with E-state index < -0.39 is 0 Å². The lowest BCUT2D eigenvalue weighted by molar-refractivity contribution is 0.0931. The third-order valence-corrected chi connectivity index (χ3v) is 4.00. The molecule has 0 aliphatic rings. The van der Waals surface area contributed by atoms with Gasteiger partial charge in [0.25, 0.3) is 5.91 Å². The number of para-hydroxylation sites is 1. The number of nitrogens with one attached hydrogen (secondary N) is 1. The highest BCUT2D eigenvalue weighted by Crippen LogP contribution is 2.22. The minimum Gasteiger partial charge on any atom is -0.493 e. The van der Waals surface area contributed by atoms with E-state index in [1.165, 1.54) is 0 Å². The first-order valence-electron chi connectivity index (χ1n) is 8.69. The van der Waals surface area contributed by atoms with Crippen LogP contribution in [0.25, 0.3) is 0 Å². The van der Waals surface area contributed by atoms with Crippen molar-refractivity contribution in [2.75, 3.05) is 6.61 Å². The van der Waals surface area contributed by atoms with Gasteiger partial charge in [-0.2, -0.15) is 0 Å². The van der Waals surface area contributed by atoms with E-state index in [-0.39, 0.29) is 11.9 Å². The van der Waals surface area contributed by atoms with Gasteiger partial charge in [0, 0.05) is 0 Å². The first kappa shape index (κ1) is 18.1. The summed E-state index contributed by atoms with van der Waals surface area (Å²) in [4.78, 5) is 12.7. The standard InChI is InChI=1S/C21H27NO2/c1-4-19(17-10-6-5-7-11-17)22-21(23)18-12-8-9-13-20(18)24-15-14-16(2)3/h5-13,16,19H,4,14-15H2,1-3H3,(H,22,23). The van der Waals surface area contributed by atoms with Crippen LogP contribution in [0.4, 0.5) is 0 Å². The summed E-state index contributed by atoms with van der Waals surface area (Å²) in [6, 6.07) is 17.5. The molecular weight excluding hydrogens is 298 g/mol. The molecule has 0 saturated carbocycles. The quantitative estimate of drug-likeness (QED) is 0.742. The monoisotopic (exact) mass is 325 g/mol. The Labute approximate surface area is 145 Å². The van der Waals surface area contributed by atoms with Gasteiger partial charge < -0.3 is 10.1 Å². The van der Waals surface area contributed by atoms with Gasteiger partial charge in [-0.25, -0.2) is 0 Å². The molecule has 0 radical (unpaired) electrons. The maximum Gasteiger partial charge on any atom is 0.255 e. The summed E-state index contributed by atoms with van der Waals surface area (Å²) < 4.78 is 5.83. The second-order valence-corrected chi connectivity index (χ2v) is 6.37. The molecule has 0 bridgehead atoms. The number of amides is 1. The van der Waals surface area contributed by atoms with Crippen molar-refractivity contribution in [1.82, 2.24) is 5.32 Å². The molecule has 0 saturated heterocycles. The summed E-state index contributed by atoms with van der Waals surface area (Å²) in [6.45, 7) is 7.02. The Balaban J connectivity index is 2.08. The van der Waals surface area contributed by atoms with Crippen LogP contribution >= 0.6 is 0 Å². The van der Waals surface area contributed by atoms with Crippen molar-refractivity contribution in [3.05, 3.63) is 65.7 Å². The van der Waals surface area contributed by atoms with Crippen molar-refractivity contribution in [2.45, 2.75) is 39.7 Å². The largest absolute Gasteiger partial charge is 0.493 e. The van der Waals surface area contributed by atoms with Crippen LogP contribution in [0.15, 0.2) is 54.6 Å². The highest BCUT2D eigenvalue weighted by Gasteiger charge is 2.17. The average Bonchev–Trinajstić information content (AvgIpc) is 2.60. The Morgan fingerprint density at radius 1 is 1.04 bits per heavy atom. The molecule has 0 aliphatic heterocycles. The van der Waals surface area contributed by atoms with E-state index in [1.54, 1.807) is 0 Å². The van der Waals surface area contributed by atoms with Gasteiger partial charge in [0.2, 0.25) is 0 Å². The molecule has 3 heteroatoms. The van der Waals surface area contributed by atoms with Crippen LogP contribution in [-0.2, 0) is 0 Å². The zero-order valence-electron chi connectivity index (χ0n) is 14.8. The first-order chi connectivity index (χ1) is 11.6. The molecule has 0 heterocycles. The summed E-state index contributed by atoms with van der Waals surface area (Å²) in [5.74, 6) is 1.14. The lowest BCUT2D eigenvalue weighted by Gasteiger charge is -2.19. The maximum atomic E-state index is 12.7.